The molecule has 0 aromatic heterocycles. The zero-order valence-electron chi connectivity index (χ0n) is 15.1. The molecule has 1 atom stereocenters. The summed E-state index contributed by atoms with van der Waals surface area (Å²) in [5, 5.41) is 18.1. The number of benzene rings is 2. The molecule has 0 radical (unpaired) electrons. The number of nitrogens with one attached hydrogen (secondary N) is 2. The van der Waals surface area contributed by atoms with Gasteiger partial charge in [-0.05, 0) is 49.2 Å². The first-order chi connectivity index (χ1) is 13.2. The van der Waals surface area contributed by atoms with E-state index in [2.05, 4.69) is 5.32 Å². The molecule has 1 amide bonds. The second-order valence-corrected chi connectivity index (χ2v) is 6.03. The standard InChI is InChI=1S/C19H20N4O5/c1-10(24)14-9-12(17(25)23-19(21)22)4-7-16(14)28-13-5-2-11(3-6-13)8-15(20)18(26)27/h2-7,9,15H,8,20H2,1H3,(H,26,27)(H4,21,22,23,25)/t15-/m0/s1. The Kier molecular flexibility index (Phi) is 6.46. The van der Waals surface area contributed by atoms with Crippen LogP contribution in [0.15, 0.2) is 42.5 Å². The maximum Gasteiger partial charge on any atom is 0.320 e. The van der Waals surface area contributed by atoms with E-state index >= 15 is 0 Å². The Morgan fingerprint density at radius 3 is 2.36 bits per heavy atom. The number of carboxylic acids is 1. The van der Waals surface area contributed by atoms with Gasteiger partial charge in [-0.3, -0.25) is 25.1 Å². The summed E-state index contributed by atoms with van der Waals surface area (Å²) < 4.78 is 5.73. The van der Waals surface area contributed by atoms with Crippen LogP contribution in [0.5, 0.6) is 11.5 Å². The number of guanidine groups is 1. The average Bonchev–Trinajstić information content (AvgIpc) is 2.62. The summed E-state index contributed by atoms with van der Waals surface area (Å²) >= 11 is 0. The first-order valence-electron chi connectivity index (χ1n) is 8.23. The summed E-state index contributed by atoms with van der Waals surface area (Å²) in [5.41, 5.74) is 11.7. The molecule has 2 aromatic carbocycles. The van der Waals surface area contributed by atoms with Crippen LogP contribution in [0.2, 0.25) is 0 Å². The number of carboxylic acid groups (broad SMARTS) is 1. The molecule has 7 N–H and O–H groups in total. The van der Waals surface area contributed by atoms with E-state index in [-0.39, 0.29) is 29.1 Å². The van der Waals surface area contributed by atoms with E-state index in [0.29, 0.717) is 5.75 Å². The highest BCUT2D eigenvalue weighted by molar-refractivity contribution is 6.06. The molecule has 146 valence electrons. The Balaban J connectivity index is 2.21. The van der Waals surface area contributed by atoms with E-state index in [4.69, 9.17) is 26.7 Å². The molecule has 0 aliphatic heterocycles. The fraction of sp³-hybridized carbons (Fsp3) is 0.158. The van der Waals surface area contributed by atoms with Crippen molar-refractivity contribution in [3.63, 3.8) is 0 Å². The number of hydrogen-bond acceptors (Lipinski definition) is 6. The van der Waals surface area contributed by atoms with Crippen LogP contribution in [0.1, 0.15) is 33.2 Å². The number of rotatable bonds is 7. The zero-order chi connectivity index (χ0) is 20.8. The minimum absolute atomic E-state index is 0.158. The Labute approximate surface area is 160 Å². The van der Waals surface area contributed by atoms with Gasteiger partial charge in [-0.15, -0.1) is 0 Å². The molecule has 0 spiro atoms. The summed E-state index contributed by atoms with van der Waals surface area (Å²) in [5.74, 6) is -1.83. The number of amides is 1. The van der Waals surface area contributed by atoms with Gasteiger partial charge in [-0.25, -0.2) is 0 Å². The molecule has 2 rings (SSSR count). The van der Waals surface area contributed by atoms with Crippen LogP contribution in [-0.2, 0) is 11.2 Å². The highest BCUT2D eigenvalue weighted by Crippen LogP contribution is 2.27. The van der Waals surface area contributed by atoms with Gasteiger partial charge in [-0.1, -0.05) is 12.1 Å². The lowest BCUT2D eigenvalue weighted by Gasteiger charge is -2.12. The molecule has 2 aromatic rings. The number of ether oxygens (including phenoxy) is 1. The van der Waals surface area contributed by atoms with Gasteiger partial charge in [0.1, 0.15) is 17.5 Å². The number of ketones is 1. The van der Waals surface area contributed by atoms with Crippen LogP contribution in [0.25, 0.3) is 0 Å². The van der Waals surface area contributed by atoms with Crippen molar-refractivity contribution in [3.8, 4) is 11.5 Å². The highest BCUT2D eigenvalue weighted by Gasteiger charge is 2.15. The van der Waals surface area contributed by atoms with E-state index in [1.807, 2.05) is 0 Å². The van der Waals surface area contributed by atoms with E-state index in [0.717, 1.165) is 5.56 Å². The van der Waals surface area contributed by atoms with Gasteiger partial charge in [0.15, 0.2) is 11.7 Å². The third-order valence-electron chi connectivity index (χ3n) is 3.79. The monoisotopic (exact) mass is 384 g/mol. The molecule has 0 heterocycles. The van der Waals surface area contributed by atoms with Gasteiger partial charge in [-0.2, -0.15) is 0 Å². The SMILES string of the molecule is CC(=O)c1cc(C(=O)NC(=N)N)ccc1Oc1ccc(C[C@H](N)C(=O)O)cc1. The maximum atomic E-state index is 11.9. The molecule has 9 heteroatoms. The van der Waals surface area contributed by atoms with Crippen molar-refractivity contribution >= 4 is 23.6 Å². The summed E-state index contributed by atoms with van der Waals surface area (Å²) in [6.07, 6.45) is 0.175. The number of aliphatic carboxylic acids is 1. The van der Waals surface area contributed by atoms with Crippen LogP contribution in [0.4, 0.5) is 0 Å². The predicted octanol–water partition coefficient (Wildman–Crippen LogP) is 1.26. The van der Waals surface area contributed by atoms with Crippen molar-refractivity contribution < 1.29 is 24.2 Å². The van der Waals surface area contributed by atoms with Crippen LogP contribution in [0.3, 0.4) is 0 Å². The topological polar surface area (TPSA) is 169 Å². The molecule has 0 saturated heterocycles. The van der Waals surface area contributed by atoms with Crippen molar-refractivity contribution in [1.29, 1.82) is 5.41 Å². The fourth-order valence-corrected chi connectivity index (χ4v) is 2.39. The summed E-state index contributed by atoms with van der Waals surface area (Å²) in [7, 11) is 0. The molecule has 0 aliphatic rings. The van der Waals surface area contributed by atoms with Crippen LogP contribution in [-0.4, -0.2) is 34.8 Å². The maximum absolute atomic E-state index is 11.9. The van der Waals surface area contributed by atoms with E-state index in [1.54, 1.807) is 24.3 Å². The third-order valence-corrected chi connectivity index (χ3v) is 3.79. The first kappa shape index (κ1) is 20.6. The van der Waals surface area contributed by atoms with Gasteiger partial charge in [0.2, 0.25) is 0 Å². The minimum atomic E-state index is -1.08. The Morgan fingerprint density at radius 1 is 1.18 bits per heavy atom. The summed E-state index contributed by atoms with van der Waals surface area (Å²) in [6, 6.07) is 9.90. The Morgan fingerprint density at radius 2 is 1.82 bits per heavy atom. The Bertz CT molecular complexity index is 924. The van der Waals surface area contributed by atoms with E-state index in [1.165, 1.54) is 25.1 Å². The second kappa shape index (κ2) is 8.78. The normalized spacial score (nSPS) is 11.4. The molecule has 0 aliphatic carbocycles. The van der Waals surface area contributed by atoms with Crippen molar-refractivity contribution in [1.82, 2.24) is 5.32 Å². The highest BCUT2D eigenvalue weighted by atomic mass is 16.5. The van der Waals surface area contributed by atoms with Crippen molar-refractivity contribution in [2.24, 2.45) is 11.5 Å². The van der Waals surface area contributed by atoms with E-state index in [9.17, 15) is 14.4 Å². The Hall–Kier alpha value is -3.72. The zero-order valence-corrected chi connectivity index (χ0v) is 15.1. The van der Waals surface area contributed by atoms with Crippen LogP contribution in [0, 0.1) is 5.41 Å². The lowest BCUT2D eigenvalue weighted by molar-refractivity contribution is -0.138. The number of carbonyl (C=O) groups is 3. The molecular formula is C19H20N4O5. The second-order valence-electron chi connectivity index (χ2n) is 6.03. The molecule has 0 saturated carbocycles. The van der Waals surface area contributed by atoms with Gasteiger partial charge < -0.3 is 21.3 Å². The lowest BCUT2D eigenvalue weighted by Crippen LogP contribution is -2.35. The largest absolute Gasteiger partial charge is 0.480 e. The molecule has 9 nitrogen and oxygen atoms in total. The number of carbonyl (C=O) groups excluding carboxylic acids is 2. The molecule has 0 bridgehead atoms. The molecule has 0 fully saturated rings. The number of Topliss-reactive ketones (excluding diaryl/α,β-unsaturated/α-hetero) is 1. The first-order valence-corrected chi connectivity index (χ1v) is 8.23. The molecular weight excluding hydrogens is 364 g/mol. The van der Waals surface area contributed by atoms with Crippen LogP contribution < -0.4 is 21.5 Å². The molecule has 0 unspecified atom stereocenters. The van der Waals surface area contributed by atoms with Gasteiger partial charge in [0.05, 0.1) is 5.56 Å². The lowest BCUT2D eigenvalue weighted by atomic mass is 10.1. The number of hydrogen-bond donors (Lipinski definition) is 5. The van der Waals surface area contributed by atoms with Crippen LogP contribution >= 0.6 is 0 Å². The summed E-state index contributed by atoms with van der Waals surface area (Å²) in [6.45, 7) is 1.34. The average molecular weight is 384 g/mol. The molecule has 28 heavy (non-hydrogen) atoms. The van der Waals surface area contributed by atoms with Crippen molar-refractivity contribution in [3.05, 3.63) is 59.2 Å². The van der Waals surface area contributed by atoms with Gasteiger partial charge in [0.25, 0.3) is 5.91 Å². The van der Waals surface area contributed by atoms with Crippen molar-refractivity contribution in [2.75, 3.05) is 0 Å². The van der Waals surface area contributed by atoms with Gasteiger partial charge >= 0.3 is 5.97 Å². The predicted molar refractivity (Wildman–Crippen MR) is 102 cm³/mol. The minimum Gasteiger partial charge on any atom is -0.480 e. The summed E-state index contributed by atoms with van der Waals surface area (Å²) in [4.78, 5) is 34.7. The third kappa shape index (κ3) is 5.39. The number of nitrogens with two attached hydrogens (primary N) is 2. The van der Waals surface area contributed by atoms with Gasteiger partial charge in [0, 0.05) is 5.56 Å². The quantitative estimate of drug-likeness (QED) is 0.272. The van der Waals surface area contributed by atoms with Crippen molar-refractivity contribution in [2.45, 2.75) is 19.4 Å². The smallest absolute Gasteiger partial charge is 0.320 e. The fourth-order valence-electron chi connectivity index (χ4n) is 2.39. The van der Waals surface area contributed by atoms with E-state index < -0.39 is 23.9 Å².